The maximum Gasteiger partial charge on any atom is 0.272 e. The van der Waals surface area contributed by atoms with Crippen molar-refractivity contribution in [3.63, 3.8) is 0 Å². The average Bonchev–Trinajstić information content (AvgIpc) is 2.07. The zero-order valence-corrected chi connectivity index (χ0v) is 6.15. The summed E-state index contributed by atoms with van der Waals surface area (Å²) in [4.78, 5) is 24.7. The van der Waals surface area contributed by atoms with E-state index in [1.54, 1.807) is 12.1 Å². The number of hydrogen-bond acceptors (Lipinski definition) is 2. The first-order chi connectivity index (χ1) is 5.79. The predicted molar refractivity (Wildman–Crippen MR) is 44.3 cm³/mol. The second-order valence-electron chi connectivity index (χ2n) is 2.41. The lowest BCUT2D eigenvalue weighted by atomic mass is 10.4. The highest BCUT2D eigenvalue weighted by Crippen LogP contribution is 1.88. The van der Waals surface area contributed by atoms with Gasteiger partial charge in [0.15, 0.2) is 0 Å². The van der Waals surface area contributed by atoms with Gasteiger partial charge in [0, 0.05) is 18.5 Å². The van der Waals surface area contributed by atoms with E-state index in [2.05, 4.69) is 4.98 Å². The fraction of sp³-hybridized carbons (Fsp3) is 0. The molecule has 0 bridgehead atoms. The Hall–Kier alpha value is -1.84. The number of nitrogens with one attached hydrogen (secondary N) is 1. The summed E-state index contributed by atoms with van der Waals surface area (Å²) in [6.07, 6.45) is 2.97. The van der Waals surface area contributed by atoms with Crippen LogP contribution in [0.1, 0.15) is 0 Å². The topological polar surface area (TPSA) is 54.3 Å². The molecule has 0 saturated heterocycles. The Morgan fingerprint density at radius 3 is 2.83 bits per heavy atom. The number of H-pyrrole nitrogens is 1. The summed E-state index contributed by atoms with van der Waals surface area (Å²) < 4.78 is 1.30. The molecule has 4 nitrogen and oxygen atoms in total. The summed E-state index contributed by atoms with van der Waals surface area (Å²) in [5.74, 6) is 0. The fourth-order valence-electron chi connectivity index (χ4n) is 1.10. The first kappa shape index (κ1) is 6.84. The van der Waals surface area contributed by atoms with Gasteiger partial charge in [0.1, 0.15) is 5.52 Å². The molecular formula is C8H6N2O2. The van der Waals surface area contributed by atoms with Crippen LogP contribution in [0.2, 0.25) is 0 Å². The molecule has 0 fully saturated rings. The van der Waals surface area contributed by atoms with E-state index in [-0.39, 0.29) is 11.1 Å². The summed E-state index contributed by atoms with van der Waals surface area (Å²) >= 11 is 0. The summed E-state index contributed by atoms with van der Waals surface area (Å²) in [5, 5.41) is 0. The van der Waals surface area contributed by atoms with E-state index in [1.807, 2.05) is 0 Å². The van der Waals surface area contributed by atoms with Crippen LogP contribution < -0.4 is 11.1 Å². The predicted octanol–water partition coefficient (Wildman–Crippen LogP) is -0.0122. The van der Waals surface area contributed by atoms with Gasteiger partial charge < -0.3 is 4.98 Å². The quantitative estimate of drug-likeness (QED) is 0.592. The number of nitrogens with zero attached hydrogens (tertiary/aromatic N) is 1. The normalized spacial score (nSPS) is 10.3. The van der Waals surface area contributed by atoms with Crippen molar-refractivity contribution in [2.75, 3.05) is 0 Å². The number of fused-ring (bicyclic) bond motifs is 1. The molecule has 1 N–H and O–H groups in total. The molecule has 0 radical (unpaired) electrons. The Bertz CT molecular complexity index is 475. The molecule has 0 atom stereocenters. The van der Waals surface area contributed by atoms with E-state index in [9.17, 15) is 9.59 Å². The molecule has 0 spiro atoms. The number of rotatable bonds is 0. The van der Waals surface area contributed by atoms with E-state index in [0.717, 1.165) is 0 Å². The van der Waals surface area contributed by atoms with Crippen molar-refractivity contribution < 1.29 is 0 Å². The highest BCUT2D eigenvalue weighted by molar-refractivity contribution is 5.42. The van der Waals surface area contributed by atoms with Crippen LogP contribution >= 0.6 is 0 Å². The monoisotopic (exact) mass is 162 g/mol. The van der Waals surface area contributed by atoms with E-state index in [0.29, 0.717) is 5.52 Å². The van der Waals surface area contributed by atoms with Crippen molar-refractivity contribution in [2.24, 2.45) is 0 Å². The second kappa shape index (κ2) is 2.34. The van der Waals surface area contributed by atoms with Crippen LogP contribution in [0.15, 0.2) is 40.2 Å². The Morgan fingerprint density at radius 2 is 2.08 bits per heavy atom. The third-order valence-corrected chi connectivity index (χ3v) is 1.66. The fourth-order valence-corrected chi connectivity index (χ4v) is 1.10. The molecule has 2 aromatic rings. The van der Waals surface area contributed by atoms with Gasteiger partial charge in [-0.15, -0.1) is 0 Å². The first-order valence-electron chi connectivity index (χ1n) is 3.48. The maximum atomic E-state index is 11.1. The minimum atomic E-state index is -0.254. The Morgan fingerprint density at radius 1 is 1.25 bits per heavy atom. The van der Waals surface area contributed by atoms with E-state index < -0.39 is 0 Å². The van der Waals surface area contributed by atoms with Crippen molar-refractivity contribution in [1.82, 2.24) is 9.38 Å². The Kier molecular flexibility index (Phi) is 1.33. The summed E-state index contributed by atoms with van der Waals surface area (Å²) in [7, 11) is 0. The smallest absolute Gasteiger partial charge is 0.272 e. The molecule has 12 heavy (non-hydrogen) atoms. The van der Waals surface area contributed by atoms with Gasteiger partial charge in [0.2, 0.25) is 0 Å². The van der Waals surface area contributed by atoms with Gasteiger partial charge in [-0.25, -0.2) is 0 Å². The summed E-state index contributed by atoms with van der Waals surface area (Å²) in [6, 6.07) is 4.57. The molecule has 2 rings (SSSR count). The Labute approximate surface area is 67.1 Å². The zero-order valence-electron chi connectivity index (χ0n) is 6.15. The van der Waals surface area contributed by atoms with Crippen LogP contribution in [0.5, 0.6) is 0 Å². The van der Waals surface area contributed by atoms with Crippen LogP contribution in [0, 0.1) is 0 Å². The first-order valence-corrected chi connectivity index (χ1v) is 3.48. The van der Waals surface area contributed by atoms with Gasteiger partial charge in [0.25, 0.3) is 11.1 Å². The number of pyridine rings is 1. The van der Waals surface area contributed by atoms with Crippen LogP contribution in [0.4, 0.5) is 0 Å². The van der Waals surface area contributed by atoms with Gasteiger partial charge in [-0.2, -0.15) is 0 Å². The molecule has 0 aromatic carbocycles. The lowest BCUT2D eigenvalue weighted by molar-refractivity contribution is 1.04. The maximum absolute atomic E-state index is 11.1. The lowest BCUT2D eigenvalue weighted by Gasteiger charge is -1.95. The van der Waals surface area contributed by atoms with Gasteiger partial charge in [-0.1, -0.05) is 6.07 Å². The number of aromatic amines is 1. The SMILES string of the molecule is O=c1[nH]ccn2c(=O)cccc12. The van der Waals surface area contributed by atoms with Crippen LogP contribution in [-0.2, 0) is 0 Å². The minimum absolute atomic E-state index is 0.196. The molecule has 0 aliphatic rings. The third-order valence-electron chi connectivity index (χ3n) is 1.66. The zero-order chi connectivity index (χ0) is 8.55. The molecule has 0 unspecified atom stereocenters. The van der Waals surface area contributed by atoms with Gasteiger partial charge in [-0.3, -0.25) is 14.0 Å². The number of hydrogen-bond donors (Lipinski definition) is 1. The Balaban J connectivity index is 3.15. The minimum Gasteiger partial charge on any atom is -0.326 e. The highest BCUT2D eigenvalue weighted by Gasteiger charge is 1.95. The van der Waals surface area contributed by atoms with Crippen molar-refractivity contribution >= 4 is 5.52 Å². The van der Waals surface area contributed by atoms with Crippen molar-refractivity contribution in [2.45, 2.75) is 0 Å². The van der Waals surface area contributed by atoms with Crippen molar-refractivity contribution in [3.8, 4) is 0 Å². The van der Waals surface area contributed by atoms with E-state index >= 15 is 0 Å². The van der Waals surface area contributed by atoms with Gasteiger partial charge in [0.05, 0.1) is 0 Å². The van der Waals surface area contributed by atoms with E-state index in [1.165, 1.54) is 22.9 Å². The molecule has 4 heteroatoms. The van der Waals surface area contributed by atoms with E-state index in [4.69, 9.17) is 0 Å². The van der Waals surface area contributed by atoms with Crippen LogP contribution in [-0.4, -0.2) is 9.38 Å². The summed E-state index contributed by atoms with van der Waals surface area (Å²) in [5.41, 5.74) is -0.0844. The molecule has 2 heterocycles. The molecule has 0 aliphatic carbocycles. The number of aromatic nitrogens is 2. The second-order valence-corrected chi connectivity index (χ2v) is 2.41. The highest BCUT2D eigenvalue weighted by atomic mass is 16.1. The van der Waals surface area contributed by atoms with Crippen molar-refractivity contribution in [1.29, 1.82) is 0 Å². The molecule has 0 saturated carbocycles. The lowest BCUT2D eigenvalue weighted by Crippen LogP contribution is -2.18. The molecule has 2 aromatic heterocycles. The molecule has 60 valence electrons. The summed E-state index contributed by atoms with van der Waals surface area (Å²) in [6.45, 7) is 0. The van der Waals surface area contributed by atoms with Crippen LogP contribution in [0.25, 0.3) is 5.52 Å². The largest absolute Gasteiger partial charge is 0.326 e. The third kappa shape index (κ3) is 0.852. The average molecular weight is 162 g/mol. The molecule has 0 aliphatic heterocycles. The molecule has 0 amide bonds. The van der Waals surface area contributed by atoms with Crippen molar-refractivity contribution in [3.05, 3.63) is 51.3 Å². The van der Waals surface area contributed by atoms with Gasteiger partial charge in [-0.05, 0) is 6.07 Å². The van der Waals surface area contributed by atoms with Gasteiger partial charge >= 0.3 is 0 Å². The standard InChI is InChI=1S/C8H6N2O2/c11-7-3-1-2-6-8(12)9-4-5-10(6)7/h1-5H,(H,9,12). The molecular weight excluding hydrogens is 156 g/mol. The van der Waals surface area contributed by atoms with Crippen LogP contribution in [0.3, 0.4) is 0 Å².